The van der Waals surface area contributed by atoms with Gasteiger partial charge in [0, 0.05) is 25.5 Å². The molecule has 0 spiro atoms. The van der Waals surface area contributed by atoms with Crippen molar-refractivity contribution >= 4 is 41.3 Å². The van der Waals surface area contributed by atoms with Gasteiger partial charge in [0.25, 0.3) is 0 Å². The fourth-order valence-electron chi connectivity index (χ4n) is 1.94. The maximum Gasteiger partial charge on any atom is 0.189 e. The predicted octanol–water partition coefficient (Wildman–Crippen LogP) is 2.60. The topological polar surface area (TPSA) is 72.5 Å². The molecule has 2 aromatic rings. The minimum absolute atomic E-state index is 0. The lowest BCUT2D eigenvalue weighted by atomic mass is 10.1. The number of hydrogen-bond donors (Lipinski definition) is 2. The molecule has 23 heavy (non-hydrogen) atoms. The molecule has 7 heteroatoms. The van der Waals surface area contributed by atoms with Crippen LogP contribution >= 0.6 is 35.3 Å². The Morgan fingerprint density at radius 1 is 1.30 bits per heavy atom. The van der Waals surface area contributed by atoms with Crippen molar-refractivity contribution in [3.63, 3.8) is 0 Å². The number of aryl methyl sites for hydroxylation is 2. The van der Waals surface area contributed by atoms with E-state index in [-0.39, 0.29) is 24.0 Å². The molecule has 1 aromatic carbocycles. The van der Waals surface area contributed by atoms with E-state index in [2.05, 4.69) is 39.6 Å². The highest BCUT2D eigenvalue weighted by atomic mass is 127. The SMILES string of the molecule is COCCNC(N)=NCc1csc(CCc2ccccc2)n1.I. The largest absolute Gasteiger partial charge is 0.383 e. The molecule has 126 valence electrons. The van der Waals surface area contributed by atoms with Gasteiger partial charge in [0.1, 0.15) is 0 Å². The zero-order valence-electron chi connectivity index (χ0n) is 13.2. The predicted molar refractivity (Wildman–Crippen MR) is 107 cm³/mol. The first-order chi connectivity index (χ1) is 10.8. The first-order valence-electron chi connectivity index (χ1n) is 7.28. The van der Waals surface area contributed by atoms with Gasteiger partial charge in [-0.05, 0) is 12.0 Å². The molecule has 0 atom stereocenters. The minimum Gasteiger partial charge on any atom is -0.383 e. The minimum atomic E-state index is 0. The third-order valence-electron chi connectivity index (χ3n) is 3.09. The van der Waals surface area contributed by atoms with Crippen LogP contribution in [0.2, 0.25) is 0 Å². The van der Waals surface area contributed by atoms with Crippen LogP contribution in [-0.4, -0.2) is 31.2 Å². The number of nitrogens with two attached hydrogens (primary N) is 1. The molecule has 0 fully saturated rings. The van der Waals surface area contributed by atoms with Gasteiger partial charge in [-0.15, -0.1) is 35.3 Å². The summed E-state index contributed by atoms with van der Waals surface area (Å²) in [5.74, 6) is 0.427. The summed E-state index contributed by atoms with van der Waals surface area (Å²) in [6, 6.07) is 10.5. The van der Waals surface area contributed by atoms with Crippen LogP contribution < -0.4 is 11.1 Å². The Hall–Kier alpha value is -1.19. The number of guanidine groups is 1. The molecule has 0 aliphatic heterocycles. The van der Waals surface area contributed by atoms with Gasteiger partial charge >= 0.3 is 0 Å². The highest BCUT2D eigenvalue weighted by Gasteiger charge is 2.02. The van der Waals surface area contributed by atoms with Crippen molar-refractivity contribution in [2.24, 2.45) is 10.7 Å². The lowest BCUT2D eigenvalue weighted by Gasteiger charge is -2.03. The fourth-order valence-corrected chi connectivity index (χ4v) is 2.72. The van der Waals surface area contributed by atoms with Crippen LogP contribution in [0, 0.1) is 0 Å². The number of aromatic nitrogens is 1. The second-order valence-electron chi connectivity index (χ2n) is 4.84. The molecule has 0 amide bonds. The van der Waals surface area contributed by atoms with Gasteiger partial charge in [-0.2, -0.15) is 0 Å². The van der Waals surface area contributed by atoms with Crippen molar-refractivity contribution in [3.05, 3.63) is 52.0 Å². The number of nitrogens with zero attached hydrogens (tertiary/aromatic N) is 2. The molecule has 0 aliphatic rings. The second-order valence-corrected chi connectivity index (χ2v) is 5.78. The van der Waals surface area contributed by atoms with E-state index in [0.29, 0.717) is 25.7 Å². The highest BCUT2D eigenvalue weighted by Crippen LogP contribution is 2.13. The van der Waals surface area contributed by atoms with E-state index in [4.69, 9.17) is 10.5 Å². The number of aliphatic imine (C=N–C) groups is 1. The van der Waals surface area contributed by atoms with Crippen molar-refractivity contribution in [2.75, 3.05) is 20.3 Å². The van der Waals surface area contributed by atoms with Gasteiger partial charge in [0.05, 0.1) is 23.9 Å². The van der Waals surface area contributed by atoms with Crippen LogP contribution in [0.1, 0.15) is 16.3 Å². The number of halogens is 1. The van der Waals surface area contributed by atoms with E-state index < -0.39 is 0 Å². The molecular formula is C16H23IN4OS. The van der Waals surface area contributed by atoms with Crippen molar-refractivity contribution in [2.45, 2.75) is 19.4 Å². The van der Waals surface area contributed by atoms with Gasteiger partial charge in [-0.25, -0.2) is 9.98 Å². The summed E-state index contributed by atoms with van der Waals surface area (Å²) in [5, 5.41) is 6.17. The summed E-state index contributed by atoms with van der Waals surface area (Å²) in [4.78, 5) is 8.87. The van der Waals surface area contributed by atoms with Crippen molar-refractivity contribution < 1.29 is 4.74 Å². The van der Waals surface area contributed by atoms with Gasteiger partial charge in [0.2, 0.25) is 0 Å². The molecule has 3 N–H and O–H groups in total. The molecule has 0 saturated heterocycles. The van der Waals surface area contributed by atoms with Crippen LogP contribution in [0.3, 0.4) is 0 Å². The summed E-state index contributed by atoms with van der Waals surface area (Å²) in [6.07, 6.45) is 1.97. The van der Waals surface area contributed by atoms with Crippen LogP contribution in [0.15, 0.2) is 40.7 Å². The molecule has 5 nitrogen and oxygen atoms in total. The van der Waals surface area contributed by atoms with Gasteiger partial charge in [0.15, 0.2) is 5.96 Å². The highest BCUT2D eigenvalue weighted by molar-refractivity contribution is 14.0. The Bertz CT molecular complexity index is 589. The zero-order valence-corrected chi connectivity index (χ0v) is 16.3. The Morgan fingerprint density at radius 2 is 2.09 bits per heavy atom. The number of hydrogen-bond acceptors (Lipinski definition) is 4. The van der Waals surface area contributed by atoms with Crippen molar-refractivity contribution in [3.8, 4) is 0 Å². The number of benzene rings is 1. The first kappa shape index (κ1) is 19.9. The van der Waals surface area contributed by atoms with E-state index in [9.17, 15) is 0 Å². The quantitative estimate of drug-likeness (QED) is 0.283. The van der Waals surface area contributed by atoms with Crippen LogP contribution in [0.4, 0.5) is 0 Å². The molecule has 0 aliphatic carbocycles. The number of ether oxygens (including phenoxy) is 1. The summed E-state index contributed by atoms with van der Waals surface area (Å²) >= 11 is 1.68. The first-order valence-corrected chi connectivity index (χ1v) is 8.16. The van der Waals surface area contributed by atoms with Crippen LogP contribution in [-0.2, 0) is 24.1 Å². The summed E-state index contributed by atoms with van der Waals surface area (Å²) < 4.78 is 4.94. The maximum atomic E-state index is 5.76. The monoisotopic (exact) mass is 446 g/mol. The van der Waals surface area contributed by atoms with E-state index in [1.54, 1.807) is 18.4 Å². The normalized spacial score (nSPS) is 11.1. The van der Waals surface area contributed by atoms with E-state index >= 15 is 0 Å². The third-order valence-corrected chi connectivity index (χ3v) is 4.05. The second kappa shape index (κ2) is 11.4. The van der Waals surface area contributed by atoms with Crippen molar-refractivity contribution in [1.82, 2.24) is 10.3 Å². The fraction of sp³-hybridized carbons (Fsp3) is 0.375. The average molecular weight is 446 g/mol. The number of rotatable bonds is 8. The molecule has 0 saturated carbocycles. The van der Waals surface area contributed by atoms with Gasteiger partial charge < -0.3 is 15.8 Å². The van der Waals surface area contributed by atoms with Crippen LogP contribution in [0.5, 0.6) is 0 Å². The number of methoxy groups -OCH3 is 1. The zero-order chi connectivity index (χ0) is 15.6. The van der Waals surface area contributed by atoms with Gasteiger partial charge in [-0.3, -0.25) is 0 Å². The molecule has 1 aromatic heterocycles. The van der Waals surface area contributed by atoms with Crippen LogP contribution in [0.25, 0.3) is 0 Å². The molecule has 1 heterocycles. The lowest BCUT2D eigenvalue weighted by Crippen LogP contribution is -2.34. The Morgan fingerprint density at radius 3 is 2.83 bits per heavy atom. The van der Waals surface area contributed by atoms with Crippen molar-refractivity contribution in [1.29, 1.82) is 0 Å². The smallest absolute Gasteiger partial charge is 0.189 e. The molecule has 0 bridgehead atoms. The lowest BCUT2D eigenvalue weighted by molar-refractivity contribution is 0.204. The summed E-state index contributed by atoms with van der Waals surface area (Å²) in [7, 11) is 1.65. The number of nitrogens with one attached hydrogen (secondary N) is 1. The summed E-state index contributed by atoms with van der Waals surface area (Å²) in [6.45, 7) is 1.77. The standard InChI is InChI=1S/C16H22N4OS.HI/c1-21-10-9-18-16(17)19-11-14-12-22-15(20-14)8-7-13-5-3-2-4-6-13;/h2-6,12H,7-11H2,1H3,(H3,17,18,19);1H. The molecular weight excluding hydrogens is 423 g/mol. The molecule has 2 rings (SSSR count). The Labute approximate surface area is 158 Å². The molecule has 0 radical (unpaired) electrons. The number of thiazole rings is 1. The van der Waals surface area contributed by atoms with E-state index in [1.807, 2.05) is 11.4 Å². The van der Waals surface area contributed by atoms with Gasteiger partial charge in [-0.1, -0.05) is 30.3 Å². The third kappa shape index (κ3) is 7.76. The Kier molecular flexibility index (Phi) is 9.81. The van der Waals surface area contributed by atoms with E-state index in [1.165, 1.54) is 5.56 Å². The maximum absolute atomic E-state index is 5.76. The Balaban J connectivity index is 0.00000264. The summed E-state index contributed by atoms with van der Waals surface area (Å²) in [5.41, 5.74) is 8.06. The average Bonchev–Trinajstić information content (AvgIpc) is 3.00. The molecule has 0 unspecified atom stereocenters. The van der Waals surface area contributed by atoms with E-state index in [0.717, 1.165) is 23.5 Å².